The summed E-state index contributed by atoms with van der Waals surface area (Å²) in [6.45, 7) is 0.880. The van der Waals surface area contributed by atoms with Crippen LogP contribution >= 0.6 is 0 Å². The number of nitrogens with one attached hydrogen (secondary N) is 2. The van der Waals surface area contributed by atoms with Crippen molar-refractivity contribution in [2.24, 2.45) is 0 Å². The molecule has 0 unspecified atom stereocenters. The molecule has 2 aromatic rings. The van der Waals surface area contributed by atoms with E-state index in [1.807, 2.05) is 13.1 Å². The number of aryl methyl sites for hydroxylation is 2. The molecule has 0 aliphatic carbocycles. The third-order valence-corrected chi connectivity index (χ3v) is 2.33. The van der Waals surface area contributed by atoms with Crippen LogP contribution in [0.1, 0.15) is 17.0 Å². The normalized spacial score (nSPS) is 10.6. The fourth-order valence-electron chi connectivity index (χ4n) is 1.57. The second-order valence-corrected chi connectivity index (χ2v) is 3.60. The van der Waals surface area contributed by atoms with Crippen LogP contribution in [0, 0.1) is 6.07 Å². The van der Waals surface area contributed by atoms with Gasteiger partial charge in [0.1, 0.15) is 5.82 Å². The minimum atomic E-state index is 0.812. The highest BCUT2D eigenvalue weighted by Crippen LogP contribution is 2.06. The summed E-state index contributed by atoms with van der Waals surface area (Å²) in [5.41, 5.74) is 2.45. The fourth-order valence-corrected chi connectivity index (χ4v) is 1.57. The van der Waals surface area contributed by atoms with E-state index in [9.17, 15) is 0 Å². The van der Waals surface area contributed by atoms with Crippen molar-refractivity contribution in [1.82, 2.24) is 25.9 Å². The lowest BCUT2D eigenvalue weighted by molar-refractivity contribution is 0.811. The third kappa shape index (κ3) is 2.87. The number of hydrogen-bond acceptors (Lipinski definition) is 4. The molecule has 5 heteroatoms. The smallest absolute Gasteiger partial charge is 0.148 e. The number of H-pyrrole nitrogens is 1. The Morgan fingerprint density at radius 1 is 1.44 bits per heavy atom. The summed E-state index contributed by atoms with van der Waals surface area (Å²) in [5, 5.41) is 16.8. The molecule has 0 aliphatic rings. The van der Waals surface area contributed by atoms with Crippen LogP contribution in [-0.4, -0.2) is 27.7 Å². The van der Waals surface area contributed by atoms with Gasteiger partial charge in [-0.05, 0) is 41.1 Å². The average Bonchev–Trinajstić information content (AvgIpc) is 2.80. The monoisotopic (exact) mass is 216 g/mol. The van der Waals surface area contributed by atoms with Crippen molar-refractivity contribution in [3.8, 4) is 0 Å². The molecule has 5 nitrogen and oxygen atoms in total. The molecule has 1 heterocycles. The molecule has 0 amide bonds. The maximum Gasteiger partial charge on any atom is 0.148 e. The lowest BCUT2D eigenvalue weighted by Gasteiger charge is -2.03. The van der Waals surface area contributed by atoms with Crippen LogP contribution in [0.2, 0.25) is 0 Å². The van der Waals surface area contributed by atoms with Crippen LogP contribution in [0.5, 0.6) is 0 Å². The third-order valence-electron chi connectivity index (χ3n) is 2.33. The summed E-state index contributed by atoms with van der Waals surface area (Å²) in [6, 6.07) is 9.40. The van der Waals surface area contributed by atoms with E-state index in [0.29, 0.717) is 0 Å². The second-order valence-electron chi connectivity index (χ2n) is 3.60. The van der Waals surface area contributed by atoms with Crippen LogP contribution in [0.4, 0.5) is 0 Å². The van der Waals surface area contributed by atoms with Crippen LogP contribution in [0.25, 0.3) is 0 Å². The van der Waals surface area contributed by atoms with E-state index in [0.717, 1.165) is 25.2 Å². The molecule has 16 heavy (non-hydrogen) atoms. The number of benzene rings is 1. The van der Waals surface area contributed by atoms with Crippen molar-refractivity contribution in [3.63, 3.8) is 0 Å². The van der Waals surface area contributed by atoms with Gasteiger partial charge in [-0.1, -0.05) is 18.2 Å². The summed E-state index contributed by atoms with van der Waals surface area (Å²) in [5.74, 6) is 0.812. The Bertz CT molecular complexity index is 424. The van der Waals surface area contributed by atoms with Crippen LogP contribution in [0.15, 0.2) is 18.2 Å². The Balaban J connectivity index is 1.96. The zero-order valence-electron chi connectivity index (χ0n) is 9.20. The molecule has 0 spiro atoms. The summed E-state index contributed by atoms with van der Waals surface area (Å²) in [4.78, 5) is 0. The van der Waals surface area contributed by atoms with E-state index in [1.54, 1.807) is 0 Å². The van der Waals surface area contributed by atoms with E-state index in [2.05, 4.69) is 44.1 Å². The predicted molar refractivity (Wildman–Crippen MR) is 59.6 cm³/mol. The minimum Gasteiger partial charge on any atom is -0.316 e. The van der Waals surface area contributed by atoms with E-state index >= 15 is 0 Å². The Hall–Kier alpha value is -1.75. The van der Waals surface area contributed by atoms with Crippen molar-refractivity contribution >= 4 is 0 Å². The summed E-state index contributed by atoms with van der Waals surface area (Å²) in [7, 11) is 1.94. The predicted octanol–water partition coefficient (Wildman–Crippen LogP) is 0.504. The maximum absolute atomic E-state index is 3.85. The first-order chi connectivity index (χ1) is 7.88. The molecule has 1 aromatic carbocycles. The van der Waals surface area contributed by atoms with Gasteiger partial charge in [0.05, 0.1) is 0 Å². The largest absolute Gasteiger partial charge is 0.316 e. The van der Waals surface area contributed by atoms with E-state index in [1.165, 1.54) is 11.1 Å². The highest BCUT2D eigenvalue weighted by molar-refractivity contribution is 5.22. The van der Waals surface area contributed by atoms with E-state index in [4.69, 9.17) is 0 Å². The van der Waals surface area contributed by atoms with Crippen LogP contribution in [0.3, 0.4) is 0 Å². The van der Waals surface area contributed by atoms with Gasteiger partial charge >= 0.3 is 0 Å². The number of hydrogen-bond donors (Lipinski definition) is 2. The number of rotatable bonds is 5. The number of nitrogens with zero attached hydrogens (tertiary/aromatic N) is 3. The van der Waals surface area contributed by atoms with Gasteiger partial charge in [0.2, 0.25) is 0 Å². The molecule has 0 atom stereocenters. The Kier molecular flexibility index (Phi) is 3.61. The number of aromatic amines is 1. The molecule has 0 aliphatic heterocycles. The van der Waals surface area contributed by atoms with Gasteiger partial charge in [-0.25, -0.2) is 5.10 Å². The minimum absolute atomic E-state index is 0.812. The first kappa shape index (κ1) is 10.8. The quantitative estimate of drug-likeness (QED) is 0.764. The van der Waals surface area contributed by atoms with Gasteiger partial charge in [0.15, 0.2) is 0 Å². The van der Waals surface area contributed by atoms with Crippen molar-refractivity contribution < 1.29 is 0 Å². The molecule has 2 N–H and O–H groups in total. The van der Waals surface area contributed by atoms with Gasteiger partial charge < -0.3 is 5.32 Å². The SMILES string of the molecule is CNCc1cc[c]c(CCc2nnn[nH]2)c1. The highest BCUT2D eigenvalue weighted by Gasteiger charge is 2.00. The van der Waals surface area contributed by atoms with Gasteiger partial charge in [-0.15, -0.1) is 5.10 Å². The Morgan fingerprint density at radius 2 is 2.38 bits per heavy atom. The van der Waals surface area contributed by atoms with Crippen LogP contribution < -0.4 is 5.32 Å². The first-order valence-electron chi connectivity index (χ1n) is 5.25. The lowest BCUT2D eigenvalue weighted by atomic mass is 10.1. The van der Waals surface area contributed by atoms with Crippen molar-refractivity contribution in [2.75, 3.05) is 7.05 Å². The molecule has 0 saturated heterocycles. The van der Waals surface area contributed by atoms with Gasteiger partial charge in [-0.2, -0.15) is 0 Å². The molecule has 2 rings (SSSR count). The van der Waals surface area contributed by atoms with Gasteiger partial charge in [0, 0.05) is 13.0 Å². The molecular formula is C11H14N5. The summed E-state index contributed by atoms with van der Waals surface area (Å²) >= 11 is 0. The molecule has 1 aromatic heterocycles. The number of tetrazole rings is 1. The molecule has 0 fully saturated rings. The first-order valence-corrected chi connectivity index (χ1v) is 5.25. The molecule has 0 bridgehead atoms. The lowest BCUT2D eigenvalue weighted by Crippen LogP contribution is -2.05. The topological polar surface area (TPSA) is 66.5 Å². The van der Waals surface area contributed by atoms with Crippen LogP contribution in [-0.2, 0) is 19.4 Å². The Labute approximate surface area is 94.3 Å². The molecular weight excluding hydrogens is 202 g/mol. The second kappa shape index (κ2) is 5.37. The van der Waals surface area contributed by atoms with Crippen molar-refractivity contribution in [2.45, 2.75) is 19.4 Å². The maximum atomic E-state index is 3.85. The molecule has 83 valence electrons. The fraction of sp³-hybridized carbons (Fsp3) is 0.364. The standard InChI is InChI=1S/C11H14N5/c1-12-8-10-4-2-3-9(7-10)5-6-11-13-15-16-14-11/h2,4,7,12H,5-6,8H2,1H3,(H,13,14,15,16). The number of aromatic nitrogens is 4. The van der Waals surface area contributed by atoms with Gasteiger partial charge in [0.25, 0.3) is 0 Å². The molecule has 0 saturated carbocycles. The highest BCUT2D eigenvalue weighted by atomic mass is 15.5. The Morgan fingerprint density at radius 3 is 3.12 bits per heavy atom. The molecule has 1 radical (unpaired) electrons. The zero-order chi connectivity index (χ0) is 11.2. The van der Waals surface area contributed by atoms with Gasteiger partial charge in [-0.3, -0.25) is 0 Å². The summed E-state index contributed by atoms with van der Waals surface area (Å²) in [6.07, 6.45) is 1.71. The van der Waals surface area contributed by atoms with Crippen molar-refractivity contribution in [3.05, 3.63) is 41.2 Å². The van der Waals surface area contributed by atoms with Crippen molar-refractivity contribution in [1.29, 1.82) is 0 Å². The summed E-state index contributed by atoms with van der Waals surface area (Å²) < 4.78 is 0. The average molecular weight is 216 g/mol. The van der Waals surface area contributed by atoms with E-state index in [-0.39, 0.29) is 0 Å². The zero-order valence-corrected chi connectivity index (χ0v) is 9.20. The van der Waals surface area contributed by atoms with E-state index < -0.39 is 0 Å².